The highest BCUT2D eigenvalue weighted by Gasteiger charge is 2.39. The van der Waals surface area contributed by atoms with Crippen LogP contribution >= 0.6 is 0 Å². The molecular formula is C21H23N3O3. The number of amides is 3. The van der Waals surface area contributed by atoms with Gasteiger partial charge in [0, 0.05) is 30.0 Å². The van der Waals surface area contributed by atoms with Crippen molar-refractivity contribution in [2.75, 3.05) is 20.1 Å². The first-order valence-electron chi connectivity index (χ1n) is 9.49. The van der Waals surface area contributed by atoms with Crippen LogP contribution in [0.2, 0.25) is 0 Å². The summed E-state index contributed by atoms with van der Waals surface area (Å²) in [5, 5.41) is 2.34. The Bertz CT molecular complexity index is 859. The van der Waals surface area contributed by atoms with E-state index in [1.807, 2.05) is 12.1 Å². The van der Waals surface area contributed by atoms with E-state index < -0.39 is 6.04 Å². The van der Waals surface area contributed by atoms with Crippen molar-refractivity contribution < 1.29 is 14.4 Å². The van der Waals surface area contributed by atoms with E-state index >= 15 is 0 Å². The van der Waals surface area contributed by atoms with Crippen LogP contribution in [0.5, 0.6) is 0 Å². The molecule has 3 amide bonds. The van der Waals surface area contributed by atoms with Crippen molar-refractivity contribution in [1.82, 2.24) is 15.1 Å². The number of nitrogens with zero attached hydrogens (tertiary/aromatic N) is 2. The number of fused-ring (bicyclic) bond motifs is 1. The molecule has 6 heteroatoms. The Morgan fingerprint density at radius 2 is 1.89 bits per heavy atom. The van der Waals surface area contributed by atoms with Crippen molar-refractivity contribution in [1.29, 1.82) is 0 Å². The van der Waals surface area contributed by atoms with E-state index in [-0.39, 0.29) is 24.1 Å². The third kappa shape index (κ3) is 3.47. The summed E-state index contributed by atoms with van der Waals surface area (Å²) in [5.74, 6) is 6.25. The van der Waals surface area contributed by atoms with E-state index in [4.69, 9.17) is 0 Å². The molecule has 1 aromatic rings. The molecule has 1 N–H and O–H groups in total. The van der Waals surface area contributed by atoms with E-state index in [2.05, 4.69) is 29.1 Å². The van der Waals surface area contributed by atoms with Crippen LogP contribution in [-0.4, -0.2) is 53.7 Å². The maximum Gasteiger partial charge on any atom is 0.255 e. The first-order chi connectivity index (χ1) is 13.0. The fraction of sp³-hybridized carbons (Fsp3) is 0.476. The van der Waals surface area contributed by atoms with Gasteiger partial charge < -0.3 is 9.80 Å². The van der Waals surface area contributed by atoms with Gasteiger partial charge in [0.25, 0.3) is 5.91 Å². The van der Waals surface area contributed by atoms with Gasteiger partial charge in [-0.2, -0.15) is 0 Å². The molecule has 2 fully saturated rings. The third-order valence-electron chi connectivity index (χ3n) is 5.71. The first kappa shape index (κ1) is 17.7. The number of carbonyl (C=O) groups excluding carboxylic acids is 3. The zero-order valence-electron chi connectivity index (χ0n) is 15.5. The molecule has 27 heavy (non-hydrogen) atoms. The number of likely N-dealkylation sites (tertiary alicyclic amines) is 1. The van der Waals surface area contributed by atoms with Crippen molar-refractivity contribution in [2.45, 2.75) is 38.3 Å². The van der Waals surface area contributed by atoms with Crippen LogP contribution in [0.3, 0.4) is 0 Å². The molecule has 6 nitrogen and oxygen atoms in total. The minimum absolute atomic E-state index is 0.151. The smallest absolute Gasteiger partial charge is 0.255 e. The second kappa shape index (κ2) is 7.16. The lowest BCUT2D eigenvalue weighted by Gasteiger charge is -2.29. The summed E-state index contributed by atoms with van der Waals surface area (Å²) < 4.78 is 0. The minimum atomic E-state index is -0.586. The van der Waals surface area contributed by atoms with Crippen LogP contribution in [0.15, 0.2) is 18.2 Å². The molecule has 1 aromatic carbocycles. The van der Waals surface area contributed by atoms with E-state index in [0.717, 1.165) is 37.1 Å². The van der Waals surface area contributed by atoms with E-state index in [1.54, 1.807) is 11.0 Å². The second-order valence-corrected chi connectivity index (χ2v) is 7.58. The molecule has 140 valence electrons. The SMILES string of the molecule is CN1CCC(C#Cc2cccc3c2CN(C2CCC(=O)NC2=O)C3=O)CC1. The predicted octanol–water partition coefficient (Wildman–Crippen LogP) is 1.14. The fourth-order valence-corrected chi connectivity index (χ4v) is 4.04. The number of piperidine rings is 2. The fourth-order valence-electron chi connectivity index (χ4n) is 4.04. The standard InChI is InChI=1S/C21H23N3O3/c1-23-11-9-14(10-12-23)5-6-15-3-2-4-16-17(15)13-24(21(16)27)18-7-8-19(25)22-20(18)26/h2-4,14,18H,7-13H2,1H3,(H,22,25,26). The monoisotopic (exact) mass is 365 g/mol. The molecule has 2 saturated heterocycles. The summed E-state index contributed by atoms with van der Waals surface area (Å²) in [7, 11) is 2.13. The molecule has 1 atom stereocenters. The van der Waals surface area contributed by atoms with Crippen LogP contribution < -0.4 is 5.32 Å². The van der Waals surface area contributed by atoms with E-state index in [0.29, 0.717) is 24.4 Å². The number of hydrogen-bond donors (Lipinski definition) is 1. The maximum absolute atomic E-state index is 12.8. The zero-order chi connectivity index (χ0) is 19.0. The summed E-state index contributed by atoms with van der Waals surface area (Å²) in [5.41, 5.74) is 2.39. The molecule has 0 radical (unpaired) electrons. The first-order valence-corrected chi connectivity index (χ1v) is 9.49. The highest BCUT2D eigenvalue weighted by Crippen LogP contribution is 2.29. The van der Waals surface area contributed by atoms with Gasteiger partial charge in [-0.1, -0.05) is 17.9 Å². The second-order valence-electron chi connectivity index (χ2n) is 7.58. The van der Waals surface area contributed by atoms with Gasteiger partial charge in [0.1, 0.15) is 6.04 Å². The van der Waals surface area contributed by atoms with Crippen molar-refractivity contribution in [2.24, 2.45) is 5.92 Å². The molecule has 0 aliphatic carbocycles. The number of carbonyl (C=O) groups is 3. The molecular weight excluding hydrogens is 342 g/mol. The van der Waals surface area contributed by atoms with Crippen LogP contribution in [0.4, 0.5) is 0 Å². The average molecular weight is 365 g/mol. The zero-order valence-corrected chi connectivity index (χ0v) is 15.5. The number of benzene rings is 1. The summed E-state index contributed by atoms with van der Waals surface area (Å²) in [6.07, 6.45) is 2.78. The molecule has 0 bridgehead atoms. The lowest BCUT2D eigenvalue weighted by atomic mass is 9.96. The molecule has 3 aliphatic heterocycles. The Balaban J connectivity index is 1.55. The summed E-state index contributed by atoms with van der Waals surface area (Å²) in [4.78, 5) is 40.3. The Morgan fingerprint density at radius 1 is 1.11 bits per heavy atom. The highest BCUT2D eigenvalue weighted by molar-refractivity contribution is 6.05. The van der Waals surface area contributed by atoms with E-state index in [9.17, 15) is 14.4 Å². The normalized spacial score (nSPS) is 23.7. The van der Waals surface area contributed by atoms with Crippen molar-refractivity contribution in [3.8, 4) is 11.8 Å². The molecule has 0 aromatic heterocycles. The molecule has 4 rings (SSSR count). The van der Waals surface area contributed by atoms with Gasteiger partial charge in [-0.3, -0.25) is 19.7 Å². The lowest BCUT2D eigenvalue weighted by molar-refractivity contribution is -0.136. The molecule has 0 saturated carbocycles. The highest BCUT2D eigenvalue weighted by atomic mass is 16.2. The summed E-state index contributed by atoms with van der Waals surface area (Å²) >= 11 is 0. The molecule has 3 aliphatic rings. The average Bonchev–Trinajstić information content (AvgIpc) is 2.99. The van der Waals surface area contributed by atoms with Gasteiger partial charge in [0.05, 0.1) is 0 Å². The van der Waals surface area contributed by atoms with Gasteiger partial charge in [-0.25, -0.2) is 0 Å². The van der Waals surface area contributed by atoms with Crippen molar-refractivity contribution >= 4 is 17.7 Å². The van der Waals surface area contributed by atoms with Crippen LogP contribution in [0.25, 0.3) is 0 Å². The molecule has 1 unspecified atom stereocenters. The Labute approximate surface area is 158 Å². The van der Waals surface area contributed by atoms with Gasteiger partial charge in [0.2, 0.25) is 11.8 Å². The number of nitrogens with one attached hydrogen (secondary N) is 1. The van der Waals surface area contributed by atoms with Crippen molar-refractivity contribution in [3.63, 3.8) is 0 Å². The largest absolute Gasteiger partial charge is 0.322 e. The summed E-state index contributed by atoms with van der Waals surface area (Å²) in [6, 6.07) is 5.01. The summed E-state index contributed by atoms with van der Waals surface area (Å²) in [6.45, 7) is 2.50. The predicted molar refractivity (Wildman–Crippen MR) is 99.6 cm³/mol. The van der Waals surface area contributed by atoms with Gasteiger partial charge in [-0.15, -0.1) is 0 Å². The molecule has 3 heterocycles. The topological polar surface area (TPSA) is 69.7 Å². The third-order valence-corrected chi connectivity index (χ3v) is 5.71. The Morgan fingerprint density at radius 3 is 2.63 bits per heavy atom. The number of imide groups is 1. The van der Waals surface area contributed by atoms with Crippen LogP contribution in [0.1, 0.15) is 47.2 Å². The van der Waals surface area contributed by atoms with Crippen LogP contribution in [0, 0.1) is 17.8 Å². The van der Waals surface area contributed by atoms with Gasteiger partial charge >= 0.3 is 0 Å². The molecule has 0 spiro atoms. The number of hydrogen-bond acceptors (Lipinski definition) is 4. The maximum atomic E-state index is 12.8. The quantitative estimate of drug-likeness (QED) is 0.599. The van der Waals surface area contributed by atoms with Crippen molar-refractivity contribution in [3.05, 3.63) is 34.9 Å². The van der Waals surface area contributed by atoms with Crippen LogP contribution in [-0.2, 0) is 16.1 Å². The number of rotatable bonds is 1. The van der Waals surface area contributed by atoms with E-state index in [1.165, 1.54) is 0 Å². The van der Waals surface area contributed by atoms with Gasteiger partial charge in [-0.05, 0) is 57.1 Å². The Kier molecular flexibility index (Phi) is 4.71. The Hall–Kier alpha value is -2.65. The van der Waals surface area contributed by atoms with Gasteiger partial charge in [0.15, 0.2) is 0 Å². The lowest BCUT2D eigenvalue weighted by Crippen LogP contribution is -2.52. The minimum Gasteiger partial charge on any atom is -0.322 e.